The van der Waals surface area contributed by atoms with E-state index in [-0.39, 0.29) is 6.61 Å². The van der Waals surface area contributed by atoms with Crippen LogP contribution >= 0.6 is 0 Å². The van der Waals surface area contributed by atoms with E-state index < -0.39 is 6.61 Å². The van der Waals surface area contributed by atoms with E-state index in [9.17, 15) is 8.78 Å². The van der Waals surface area contributed by atoms with E-state index in [0.717, 1.165) is 13.0 Å². The van der Waals surface area contributed by atoms with Gasteiger partial charge in [-0.2, -0.15) is 8.78 Å². The molecule has 1 atom stereocenters. The molecule has 0 N–H and O–H groups in total. The molecule has 0 aliphatic rings. The van der Waals surface area contributed by atoms with Crippen LogP contribution in [0.15, 0.2) is 0 Å². The van der Waals surface area contributed by atoms with Gasteiger partial charge in [0.15, 0.2) is 0 Å². The fraction of sp³-hybridized carbons (Fsp3) is 1.00. The second-order valence-corrected chi connectivity index (χ2v) is 3.41. The predicted molar refractivity (Wildman–Crippen MR) is 48.9 cm³/mol. The highest BCUT2D eigenvalue weighted by Gasteiger charge is 2.06. The Morgan fingerprint density at radius 1 is 1.38 bits per heavy atom. The van der Waals surface area contributed by atoms with Gasteiger partial charge in [-0.1, -0.05) is 20.3 Å². The average Bonchev–Trinajstić information content (AvgIpc) is 2.03. The van der Waals surface area contributed by atoms with E-state index in [1.807, 2.05) is 11.9 Å². The summed E-state index contributed by atoms with van der Waals surface area (Å²) in [6, 6.07) is 0. The fourth-order valence-corrected chi connectivity index (χ4v) is 1.05. The molecule has 0 aliphatic heterocycles. The first-order valence-electron chi connectivity index (χ1n) is 4.64. The standard InChI is InChI=1S/C9H19F2NO/c1-4-8(2)7-12(3)5-6-13-9(10)11/h8-9H,4-7H2,1-3H3. The van der Waals surface area contributed by atoms with Crippen molar-refractivity contribution >= 4 is 0 Å². The first kappa shape index (κ1) is 12.8. The zero-order chi connectivity index (χ0) is 10.3. The third-order valence-corrected chi connectivity index (χ3v) is 2.04. The van der Waals surface area contributed by atoms with Gasteiger partial charge >= 0.3 is 6.61 Å². The highest BCUT2D eigenvalue weighted by molar-refractivity contribution is 4.56. The van der Waals surface area contributed by atoms with Crippen LogP contribution < -0.4 is 0 Å². The molecular weight excluding hydrogens is 176 g/mol. The molecule has 0 radical (unpaired) electrons. The molecule has 0 heterocycles. The van der Waals surface area contributed by atoms with Crippen LogP contribution in [0.3, 0.4) is 0 Å². The monoisotopic (exact) mass is 195 g/mol. The average molecular weight is 195 g/mol. The molecule has 0 fully saturated rings. The van der Waals surface area contributed by atoms with Crippen LogP contribution in [0.25, 0.3) is 0 Å². The van der Waals surface area contributed by atoms with E-state index in [2.05, 4.69) is 18.6 Å². The number of nitrogens with zero attached hydrogens (tertiary/aromatic N) is 1. The minimum absolute atomic E-state index is 0.102. The van der Waals surface area contributed by atoms with Gasteiger partial charge in [0.1, 0.15) is 0 Å². The van der Waals surface area contributed by atoms with Gasteiger partial charge in [-0.05, 0) is 13.0 Å². The minimum Gasteiger partial charge on any atom is -0.322 e. The van der Waals surface area contributed by atoms with E-state index in [4.69, 9.17) is 0 Å². The lowest BCUT2D eigenvalue weighted by Gasteiger charge is -2.19. The number of likely N-dealkylation sites (N-methyl/N-ethyl adjacent to an activating group) is 1. The molecule has 13 heavy (non-hydrogen) atoms. The lowest BCUT2D eigenvalue weighted by Crippen LogP contribution is -2.28. The molecule has 0 rings (SSSR count). The van der Waals surface area contributed by atoms with Crippen molar-refractivity contribution in [2.75, 3.05) is 26.7 Å². The van der Waals surface area contributed by atoms with Gasteiger partial charge in [0.2, 0.25) is 0 Å². The normalized spacial score (nSPS) is 14.1. The first-order chi connectivity index (χ1) is 6.06. The third-order valence-electron chi connectivity index (χ3n) is 2.04. The van der Waals surface area contributed by atoms with Crippen molar-refractivity contribution in [1.29, 1.82) is 0 Å². The lowest BCUT2D eigenvalue weighted by molar-refractivity contribution is -0.131. The van der Waals surface area contributed by atoms with Crippen LogP contribution in [0.4, 0.5) is 8.78 Å². The number of halogens is 2. The molecule has 4 heteroatoms. The smallest absolute Gasteiger partial charge is 0.322 e. The third kappa shape index (κ3) is 8.12. The second kappa shape index (κ2) is 7.21. The van der Waals surface area contributed by atoms with Gasteiger partial charge in [-0.25, -0.2) is 0 Å². The van der Waals surface area contributed by atoms with Crippen LogP contribution in [-0.4, -0.2) is 38.3 Å². The number of rotatable bonds is 7. The molecule has 0 spiro atoms. The topological polar surface area (TPSA) is 12.5 Å². The highest BCUT2D eigenvalue weighted by Crippen LogP contribution is 2.02. The summed E-state index contributed by atoms with van der Waals surface area (Å²) >= 11 is 0. The molecule has 2 nitrogen and oxygen atoms in total. The highest BCUT2D eigenvalue weighted by atomic mass is 19.3. The lowest BCUT2D eigenvalue weighted by atomic mass is 10.1. The number of ether oxygens (including phenoxy) is 1. The Labute approximate surface area is 78.9 Å². The molecule has 0 saturated heterocycles. The Balaban J connectivity index is 3.34. The Bertz CT molecular complexity index is 122. The van der Waals surface area contributed by atoms with Gasteiger partial charge in [-0.15, -0.1) is 0 Å². The maximum absolute atomic E-state index is 11.6. The van der Waals surface area contributed by atoms with Crippen LogP contribution in [0.5, 0.6) is 0 Å². The van der Waals surface area contributed by atoms with Crippen LogP contribution in [0.2, 0.25) is 0 Å². The fourth-order valence-electron chi connectivity index (χ4n) is 1.05. The summed E-state index contributed by atoms with van der Waals surface area (Å²) in [4.78, 5) is 2.01. The number of hydrogen-bond acceptors (Lipinski definition) is 2. The summed E-state index contributed by atoms with van der Waals surface area (Å²) < 4.78 is 27.3. The Hall–Kier alpha value is -0.220. The summed E-state index contributed by atoms with van der Waals surface area (Å²) in [7, 11) is 1.92. The molecular formula is C9H19F2NO. The van der Waals surface area contributed by atoms with Gasteiger partial charge in [0.05, 0.1) is 6.61 Å². The van der Waals surface area contributed by atoms with Crippen molar-refractivity contribution < 1.29 is 13.5 Å². The Morgan fingerprint density at radius 3 is 2.46 bits per heavy atom. The van der Waals surface area contributed by atoms with Crippen LogP contribution in [0.1, 0.15) is 20.3 Å². The largest absolute Gasteiger partial charge is 0.345 e. The molecule has 1 unspecified atom stereocenters. The number of hydrogen-bond donors (Lipinski definition) is 0. The zero-order valence-corrected chi connectivity index (χ0v) is 8.59. The van der Waals surface area contributed by atoms with Gasteiger partial charge < -0.3 is 9.64 Å². The zero-order valence-electron chi connectivity index (χ0n) is 8.59. The van der Waals surface area contributed by atoms with Crippen LogP contribution in [0, 0.1) is 5.92 Å². The van der Waals surface area contributed by atoms with Gasteiger partial charge in [0.25, 0.3) is 0 Å². The maximum atomic E-state index is 11.6. The quantitative estimate of drug-likeness (QED) is 0.617. The molecule has 0 aromatic heterocycles. The van der Waals surface area contributed by atoms with Crippen molar-refractivity contribution in [1.82, 2.24) is 4.90 Å². The Morgan fingerprint density at radius 2 is 2.00 bits per heavy atom. The molecule has 80 valence electrons. The number of alkyl halides is 2. The minimum atomic E-state index is -2.64. The van der Waals surface area contributed by atoms with Crippen molar-refractivity contribution in [2.45, 2.75) is 26.9 Å². The molecule has 0 saturated carbocycles. The maximum Gasteiger partial charge on any atom is 0.345 e. The summed E-state index contributed by atoms with van der Waals surface area (Å²) in [6.07, 6.45) is 1.11. The predicted octanol–water partition coefficient (Wildman–Crippen LogP) is 2.20. The summed E-state index contributed by atoms with van der Waals surface area (Å²) in [6.45, 7) is 3.22. The molecule has 0 bridgehead atoms. The van der Waals surface area contributed by atoms with E-state index in [1.165, 1.54) is 0 Å². The summed E-state index contributed by atoms with van der Waals surface area (Å²) in [5.41, 5.74) is 0. The summed E-state index contributed by atoms with van der Waals surface area (Å²) in [5.74, 6) is 0.608. The molecule has 0 aliphatic carbocycles. The van der Waals surface area contributed by atoms with Crippen molar-refractivity contribution in [2.24, 2.45) is 5.92 Å². The van der Waals surface area contributed by atoms with Crippen molar-refractivity contribution in [3.8, 4) is 0 Å². The molecule has 0 aromatic carbocycles. The van der Waals surface area contributed by atoms with Crippen molar-refractivity contribution in [3.05, 3.63) is 0 Å². The van der Waals surface area contributed by atoms with E-state index in [1.54, 1.807) is 0 Å². The second-order valence-electron chi connectivity index (χ2n) is 3.41. The first-order valence-corrected chi connectivity index (χ1v) is 4.64. The summed E-state index contributed by atoms with van der Waals surface area (Å²) in [5, 5.41) is 0. The molecule has 0 aromatic rings. The SMILES string of the molecule is CCC(C)CN(C)CCOC(F)F. The van der Waals surface area contributed by atoms with Gasteiger partial charge in [0, 0.05) is 13.1 Å². The van der Waals surface area contributed by atoms with Gasteiger partial charge in [-0.3, -0.25) is 0 Å². The molecule has 0 amide bonds. The van der Waals surface area contributed by atoms with E-state index >= 15 is 0 Å². The van der Waals surface area contributed by atoms with Crippen molar-refractivity contribution in [3.63, 3.8) is 0 Å². The Kier molecular flexibility index (Phi) is 7.09. The van der Waals surface area contributed by atoms with Crippen LogP contribution in [-0.2, 0) is 4.74 Å². The van der Waals surface area contributed by atoms with E-state index in [0.29, 0.717) is 12.5 Å².